The Labute approximate surface area is 126 Å². The van der Waals surface area contributed by atoms with Gasteiger partial charge in [-0.1, -0.05) is 12.8 Å². The molecule has 1 aliphatic carbocycles. The summed E-state index contributed by atoms with van der Waals surface area (Å²) in [6, 6.07) is 2.16. The molecule has 1 aliphatic rings. The van der Waals surface area contributed by atoms with Crippen molar-refractivity contribution < 1.29 is 14.3 Å². The smallest absolute Gasteiger partial charge is 0.407 e. The van der Waals surface area contributed by atoms with Gasteiger partial charge in [-0.25, -0.2) is 4.79 Å². The van der Waals surface area contributed by atoms with Gasteiger partial charge in [0.2, 0.25) is 5.91 Å². The van der Waals surface area contributed by atoms with Crippen LogP contribution in [0, 0.1) is 16.7 Å². The summed E-state index contributed by atoms with van der Waals surface area (Å²) >= 11 is 0. The largest absolute Gasteiger partial charge is 0.444 e. The average molecular weight is 295 g/mol. The third-order valence-corrected chi connectivity index (χ3v) is 3.41. The zero-order valence-corrected chi connectivity index (χ0v) is 13.1. The molecular formula is C15H25N3O3. The first-order chi connectivity index (χ1) is 9.79. The zero-order chi connectivity index (χ0) is 15.9. The van der Waals surface area contributed by atoms with Crippen molar-refractivity contribution in [2.45, 2.75) is 58.5 Å². The molecule has 1 rings (SSSR count). The van der Waals surface area contributed by atoms with Crippen molar-refractivity contribution in [3.63, 3.8) is 0 Å². The van der Waals surface area contributed by atoms with Gasteiger partial charge in [0, 0.05) is 13.1 Å². The maximum atomic E-state index is 12.0. The molecule has 0 aromatic heterocycles. The van der Waals surface area contributed by atoms with E-state index >= 15 is 0 Å². The molecule has 0 unspecified atom stereocenters. The molecule has 0 radical (unpaired) electrons. The normalized spacial score (nSPS) is 16.9. The maximum Gasteiger partial charge on any atom is 0.407 e. The molecule has 1 saturated carbocycles. The summed E-state index contributed by atoms with van der Waals surface area (Å²) in [5, 5.41) is 14.6. The molecule has 0 saturated heterocycles. The van der Waals surface area contributed by atoms with Gasteiger partial charge in [-0.2, -0.15) is 5.26 Å². The fraction of sp³-hybridized carbons (Fsp3) is 0.800. The van der Waals surface area contributed by atoms with Crippen LogP contribution in [0.25, 0.3) is 0 Å². The lowest BCUT2D eigenvalue weighted by atomic mass is 9.87. The molecule has 2 N–H and O–H groups in total. The summed E-state index contributed by atoms with van der Waals surface area (Å²) < 4.78 is 5.10. The first kappa shape index (κ1) is 17.3. The lowest BCUT2D eigenvalue weighted by Crippen LogP contribution is -2.40. The van der Waals surface area contributed by atoms with Gasteiger partial charge < -0.3 is 15.4 Å². The lowest BCUT2D eigenvalue weighted by Gasteiger charge is -2.20. The van der Waals surface area contributed by atoms with Gasteiger partial charge >= 0.3 is 6.09 Å². The highest BCUT2D eigenvalue weighted by Crippen LogP contribution is 2.37. The standard InChI is InChI=1S/C15H25N3O3/c1-14(2,3)21-13(20)18-10-6-9-17-12(19)15(11-16)7-4-5-8-15/h4-10H2,1-3H3,(H,17,19)(H,18,20). The van der Waals surface area contributed by atoms with E-state index in [4.69, 9.17) is 4.74 Å². The molecule has 0 atom stereocenters. The minimum absolute atomic E-state index is 0.181. The molecule has 0 aliphatic heterocycles. The van der Waals surface area contributed by atoms with Crippen LogP contribution < -0.4 is 10.6 Å². The Balaban J connectivity index is 2.19. The fourth-order valence-electron chi connectivity index (χ4n) is 2.33. The molecule has 0 aromatic rings. The van der Waals surface area contributed by atoms with Crippen molar-refractivity contribution in [3.05, 3.63) is 0 Å². The predicted octanol–water partition coefficient (Wildman–Crippen LogP) is 2.10. The van der Waals surface area contributed by atoms with Gasteiger partial charge in [-0.3, -0.25) is 4.79 Å². The molecule has 1 fully saturated rings. The number of ether oxygens (including phenoxy) is 1. The van der Waals surface area contributed by atoms with Gasteiger partial charge in [0.25, 0.3) is 0 Å². The zero-order valence-electron chi connectivity index (χ0n) is 13.1. The summed E-state index contributed by atoms with van der Waals surface area (Å²) in [5.74, 6) is -0.181. The van der Waals surface area contributed by atoms with Crippen molar-refractivity contribution in [3.8, 4) is 6.07 Å². The number of nitrogens with zero attached hydrogens (tertiary/aromatic N) is 1. The monoisotopic (exact) mass is 295 g/mol. The van der Waals surface area contributed by atoms with Gasteiger partial charge in [-0.05, 0) is 40.0 Å². The highest BCUT2D eigenvalue weighted by molar-refractivity contribution is 5.85. The number of carbonyl (C=O) groups excluding carboxylic acids is 2. The average Bonchev–Trinajstić information content (AvgIpc) is 2.86. The van der Waals surface area contributed by atoms with Crippen LogP contribution in [-0.2, 0) is 9.53 Å². The number of alkyl carbamates (subject to hydrolysis) is 1. The summed E-state index contributed by atoms with van der Waals surface area (Å²) in [6.45, 7) is 6.27. The number of hydrogen-bond acceptors (Lipinski definition) is 4. The topological polar surface area (TPSA) is 91.2 Å². The molecule has 0 aromatic carbocycles. The van der Waals surface area contributed by atoms with Crippen LogP contribution in [0.3, 0.4) is 0 Å². The Morgan fingerprint density at radius 3 is 2.29 bits per heavy atom. The van der Waals surface area contributed by atoms with E-state index in [9.17, 15) is 14.9 Å². The Kier molecular flexibility index (Phi) is 6.01. The van der Waals surface area contributed by atoms with Crippen LogP contribution in [0.1, 0.15) is 52.9 Å². The second-order valence-electron chi connectivity index (χ2n) is 6.44. The number of amides is 2. The first-order valence-electron chi connectivity index (χ1n) is 7.45. The summed E-state index contributed by atoms with van der Waals surface area (Å²) in [5.41, 5.74) is -1.35. The highest BCUT2D eigenvalue weighted by Gasteiger charge is 2.41. The molecule has 0 bridgehead atoms. The minimum Gasteiger partial charge on any atom is -0.444 e. The van der Waals surface area contributed by atoms with Crippen LogP contribution in [0.15, 0.2) is 0 Å². The molecule has 6 heteroatoms. The van der Waals surface area contributed by atoms with Crippen LogP contribution in [-0.4, -0.2) is 30.7 Å². The lowest BCUT2D eigenvalue weighted by molar-refractivity contribution is -0.127. The summed E-state index contributed by atoms with van der Waals surface area (Å²) in [7, 11) is 0. The summed E-state index contributed by atoms with van der Waals surface area (Å²) in [6.07, 6.45) is 3.30. The van der Waals surface area contributed by atoms with Crippen LogP contribution >= 0.6 is 0 Å². The van der Waals surface area contributed by atoms with E-state index < -0.39 is 17.1 Å². The molecule has 6 nitrogen and oxygen atoms in total. The molecule has 2 amide bonds. The number of rotatable bonds is 5. The number of carbonyl (C=O) groups is 2. The molecular weight excluding hydrogens is 270 g/mol. The van der Waals surface area contributed by atoms with E-state index in [-0.39, 0.29) is 5.91 Å². The van der Waals surface area contributed by atoms with Crippen molar-refractivity contribution in [1.82, 2.24) is 10.6 Å². The third-order valence-electron chi connectivity index (χ3n) is 3.41. The second-order valence-corrected chi connectivity index (χ2v) is 6.44. The van der Waals surface area contributed by atoms with Crippen molar-refractivity contribution in [1.29, 1.82) is 5.26 Å². The Morgan fingerprint density at radius 2 is 1.76 bits per heavy atom. The Bertz CT molecular complexity index is 415. The highest BCUT2D eigenvalue weighted by atomic mass is 16.6. The van der Waals surface area contributed by atoms with E-state index in [0.717, 1.165) is 12.8 Å². The van der Waals surface area contributed by atoms with Gasteiger partial charge in [0.1, 0.15) is 11.0 Å². The molecule has 21 heavy (non-hydrogen) atoms. The quantitative estimate of drug-likeness (QED) is 0.760. The fourth-order valence-corrected chi connectivity index (χ4v) is 2.33. The molecule has 0 heterocycles. The van der Waals surface area contributed by atoms with Crippen LogP contribution in [0.4, 0.5) is 4.79 Å². The first-order valence-corrected chi connectivity index (χ1v) is 7.45. The summed E-state index contributed by atoms with van der Waals surface area (Å²) in [4.78, 5) is 23.4. The minimum atomic E-state index is -0.835. The van der Waals surface area contributed by atoms with Crippen LogP contribution in [0.2, 0.25) is 0 Å². The SMILES string of the molecule is CC(C)(C)OC(=O)NCCCNC(=O)C1(C#N)CCCC1. The molecule has 118 valence electrons. The van der Waals surface area contributed by atoms with E-state index in [0.29, 0.717) is 32.4 Å². The number of hydrogen-bond donors (Lipinski definition) is 2. The Morgan fingerprint density at radius 1 is 1.19 bits per heavy atom. The van der Waals surface area contributed by atoms with Crippen molar-refractivity contribution in [2.24, 2.45) is 5.41 Å². The van der Waals surface area contributed by atoms with E-state index in [1.165, 1.54) is 0 Å². The van der Waals surface area contributed by atoms with Gasteiger partial charge in [0.15, 0.2) is 0 Å². The maximum absolute atomic E-state index is 12.0. The Hall–Kier alpha value is -1.77. The van der Waals surface area contributed by atoms with Crippen molar-refractivity contribution in [2.75, 3.05) is 13.1 Å². The van der Waals surface area contributed by atoms with E-state index in [2.05, 4.69) is 16.7 Å². The van der Waals surface area contributed by atoms with E-state index in [1.54, 1.807) is 20.8 Å². The van der Waals surface area contributed by atoms with Crippen LogP contribution in [0.5, 0.6) is 0 Å². The van der Waals surface area contributed by atoms with Gasteiger partial charge in [-0.15, -0.1) is 0 Å². The third kappa shape index (κ3) is 5.62. The molecule has 0 spiro atoms. The number of nitrogens with one attached hydrogen (secondary N) is 2. The van der Waals surface area contributed by atoms with E-state index in [1.807, 2.05) is 0 Å². The van der Waals surface area contributed by atoms with Gasteiger partial charge in [0.05, 0.1) is 6.07 Å². The predicted molar refractivity (Wildman–Crippen MR) is 78.4 cm³/mol. The number of nitriles is 1. The second kappa shape index (κ2) is 7.30. The van der Waals surface area contributed by atoms with Crippen molar-refractivity contribution >= 4 is 12.0 Å².